The number of nitrogens with two attached hydrogens (primary N) is 1. The van der Waals surface area contributed by atoms with Crippen LogP contribution in [-0.4, -0.2) is 47.6 Å². The summed E-state index contributed by atoms with van der Waals surface area (Å²) in [4.78, 5) is 27.3. The molecule has 0 spiro atoms. The molecule has 1 amide bonds. The van der Waals surface area contributed by atoms with Crippen LogP contribution in [0.3, 0.4) is 0 Å². The van der Waals surface area contributed by atoms with Gasteiger partial charge in [0.15, 0.2) is 5.82 Å². The maximum atomic E-state index is 13.6. The van der Waals surface area contributed by atoms with Crippen LogP contribution in [0.25, 0.3) is 0 Å². The molecule has 0 saturated heterocycles. The molecule has 0 atom stereocenters. The SMILES string of the molecule is Cc1c(Nc2ncc(C(F)(F)F)c(NCc3nccnc3N(C)S(C)(=O)=O)n2)ccc(C(N)=O)c1C. The smallest absolute Gasteiger partial charge is 0.366 e. The molecule has 0 fully saturated rings. The third kappa shape index (κ3) is 5.79. The van der Waals surface area contributed by atoms with E-state index in [1.165, 1.54) is 25.5 Å². The molecule has 3 rings (SSSR count). The van der Waals surface area contributed by atoms with Crippen LogP contribution in [0.5, 0.6) is 0 Å². The Labute approximate surface area is 205 Å². The van der Waals surface area contributed by atoms with Crippen molar-refractivity contribution in [2.24, 2.45) is 5.73 Å². The minimum atomic E-state index is -4.77. The number of aromatic nitrogens is 4. The Morgan fingerprint density at radius 1 is 1.11 bits per heavy atom. The number of primary amides is 1. The van der Waals surface area contributed by atoms with Gasteiger partial charge in [-0.2, -0.15) is 18.2 Å². The predicted molar refractivity (Wildman–Crippen MR) is 127 cm³/mol. The fraction of sp³-hybridized carbons (Fsp3) is 0.286. The van der Waals surface area contributed by atoms with Crippen molar-refractivity contribution in [3.63, 3.8) is 0 Å². The van der Waals surface area contributed by atoms with Crippen LogP contribution in [-0.2, 0) is 22.7 Å². The van der Waals surface area contributed by atoms with E-state index in [0.29, 0.717) is 28.6 Å². The topological polar surface area (TPSA) is 156 Å². The van der Waals surface area contributed by atoms with Gasteiger partial charge in [-0.3, -0.25) is 14.1 Å². The third-order valence-electron chi connectivity index (χ3n) is 5.36. The molecule has 192 valence electrons. The normalized spacial score (nSPS) is 11.8. The summed E-state index contributed by atoms with van der Waals surface area (Å²) < 4.78 is 65.6. The van der Waals surface area contributed by atoms with Crippen molar-refractivity contribution in [1.82, 2.24) is 19.9 Å². The summed E-state index contributed by atoms with van der Waals surface area (Å²) in [6, 6.07) is 3.04. The van der Waals surface area contributed by atoms with Crippen molar-refractivity contribution >= 4 is 39.2 Å². The van der Waals surface area contributed by atoms with Gasteiger partial charge in [0.05, 0.1) is 12.8 Å². The van der Waals surface area contributed by atoms with E-state index in [2.05, 4.69) is 30.6 Å². The van der Waals surface area contributed by atoms with E-state index in [0.717, 1.165) is 10.6 Å². The van der Waals surface area contributed by atoms with Gasteiger partial charge in [0.25, 0.3) is 0 Å². The first-order chi connectivity index (χ1) is 16.7. The number of rotatable bonds is 8. The first-order valence-electron chi connectivity index (χ1n) is 10.3. The molecule has 11 nitrogen and oxygen atoms in total. The molecule has 0 aliphatic rings. The van der Waals surface area contributed by atoms with Crippen molar-refractivity contribution in [3.05, 3.63) is 58.7 Å². The standard InChI is InChI=1S/C21H23F3N8O3S/c1-11-12(2)15(6-5-13(11)17(25)33)30-20-29-9-14(21(22,23)24)18(31-20)28-10-16-19(27-8-7-26-16)32(3)36(4,34)35/h5-9H,10H2,1-4H3,(H2,25,33)(H2,28,29,30,31). The fourth-order valence-corrected chi connectivity index (χ4v) is 3.67. The number of nitrogens with zero attached hydrogens (tertiary/aromatic N) is 5. The summed E-state index contributed by atoms with van der Waals surface area (Å²) >= 11 is 0. The van der Waals surface area contributed by atoms with Crippen LogP contribution in [0.4, 0.5) is 36.4 Å². The molecular formula is C21H23F3N8O3S. The first-order valence-corrected chi connectivity index (χ1v) is 12.1. The lowest BCUT2D eigenvalue weighted by Crippen LogP contribution is -2.27. The van der Waals surface area contributed by atoms with Crippen LogP contribution in [0.15, 0.2) is 30.7 Å². The molecule has 36 heavy (non-hydrogen) atoms. The molecular weight excluding hydrogens is 501 g/mol. The largest absolute Gasteiger partial charge is 0.421 e. The van der Waals surface area contributed by atoms with Crippen molar-refractivity contribution in [1.29, 1.82) is 0 Å². The Morgan fingerprint density at radius 3 is 2.39 bits per heavy atom. The van der Waals surface area contributed by atoms with Gasteiger partial charge in [-0.25, -0.2) is 18.4 Å². The molecule has 0 radical (unpaired) electrons. The van der Waals surface area contributed by atoms with Crippen molar-refractivity contribution in [2.75, 3.05) is 28.2 Å². The van der Waals surface area contributed by atoms with Gasteiger partial charge < -0.3 is 16.4 Å². The van der Waals surface area contributed by atoms with Gasteiger partial charge in [-0.05, 0) is 37.1 Å². The van der Waals surface area contributed by atoms with E-state index in [4.69, 9.17) is 5.73 Å². The molecule has 3 aromatic rings. The highest BCUT2D eigenvalue weighted by atomic mass is 32.2. The second-order valence-corrected chi connectivity index (χ2v) is 9.78. The van der Waals surface area contributed by atoms with Crippen molar-refractivity contribution < 1.29 is 26.4 Å². The van der Waals surface area contributed by atoms with E-state index >= 15 is 0 Å². The van der Waals surface area contributed by atoms with E-state index in [1.54, 1.807) is 19.9 Å². The van der Waals surface area contributed by atoms with Gasteiger partial charge in [-0.1, -0.05) is 0 Å². The summed E-state index contributed by atoms with van der Waals surface area (Å²) in [5.74, 6) is -1.35. The zero-order valence-corrected chi connectivity index (χ0v) is 20.5. The molecule has 4 N–H and O–H groups in total. The quantitative estimate of drug-likeness (QED) is 0.403. The molecule has 0 unspecified atom stereocenters. The number of sulfonamides is 1. The number of nitrogens with one attached hydrogen (secondary N) is 2. The third-order valence-corrected chi connectivity index (χ3v) is 6.53. The lowest BCUT2D eigenvalue weighted by Gasteiger charge is -2.19. The number of anilines is 4. The maximum absolute atomic E-state index is 13.6. The van der Waals surface area contributed by atoms with Gasteiger partial charge >= 0.3 is 6.18 Å². The van der Waals surface area contributed by atoms with E-state index in [1.807, 2.05) is 0 Å². The lowest BCUT2D eigenvalue weighted by atomic mass is 10.0. The molecule has 15 heteroatoms. The lowest BCUT2D eigenvalue weighted by molar-refractivity contribution is -0.137. The van der Waals surface area contributed by atoms with Crippen molar-refractivity contribution in [3.8, 4) is 0 Å². The van der Waals surface area contributed by atoms with Gasteiger partial charge in [-0.15, -0.1) is 0 Å². The molecule has 1 aromatic carbocycles. The molecule has 0 bridgehead atoms. The van der Waals surface area contributed by atoms with Gasteiger partial charge in [0.1, 0.15) is 17.1 Å². The van der Waals surface area contributed by atoms with E-state index < -0.39 is 33.5 Å². The Kier molecular flexibility index (Phi) is 7.33. The number of hydrogen-bond donors (Lipinski definition) is 3. The average molecular weight is 525 g/mol. The molecule has 0 aliphatic heterocycles. The van der Waals surface area contributed by atoms with Gasteiger partial charge in [0.2, 0.25) is 21.9 Å². The van der Waals surface area contributed by atoms with E-state index in [-0.39, 0.29) is 24.0 Å². The number of alkyl halides is 3. The van der Waals surface area contributed by atoms with Crippen LogP contribution in [0.2, 0.25) is 0 Å². The summed E-state index contributed by atoms with van der Waals surface area (Å²) in [5.41, 5.74) is 6.32. The summed E-state index contributed by atoms with van der Waals surface area (Å²) in [6.45, 7) is 3.09. The minimum Gasteiger partial charge on any atom is -0.366 e. The van der Waals surface area contributed by atoms with Crippen molar-refractivity contribution in [2.45, 2.75) is 26.6 Å². The second-order valence-electron chi connectivity index (χ2n) is 7.76. The fourth-order valence-electron chi connectivity index (χ4n) is 3.20. The van der Waals surface area contributed by atoms with Gasteiger partial charge in [0, 0.05) is 36.9 Å². The maximum Gasteiger partial charge on any atom is 0.421 e. The van der Waals surface area contributed by atoms with E-state index in [9.17, 15) is 26.4 Å². The number of hydrogen-bond acceptors (Lipinski definition) is 9. The molecule has 0 saturated carbocycles. The molecule has 0 aliphatic carbocycles. The Bertz CT molecular complexity index is 1410. The summed E-state index contributed by atoms with van der Waals surface area (Å²) in [7, 11) is -2.44. The summed E-state index contributed by atoms with van der Waals surface area (Å²) in [6.07, 6.45) is -0.636. The first kappa shape index (κ1) is 26.6. The molecule has 2 aromatic heterocycles. The number of carbonyl (C=O) groups excluding carboxylic acids is 1. The van der Waals surface area contributed by atoms with Crippen LogP contribution in [0.1, 0.15) is 32.7 Å². The van der Waals surface area contributed by atoms with Crippen LogP contribution in [0, 0.1) is 13.8 Å². The van der Waals surface area contributed by atoms with Crippen LogP contribution >= 0.6 is 0 Å². The number of carbonyl (C=O) groups is 1. The summed E-state index contributed by atoms with van der Waals surface area (Å²) in [5, 5.41) is 5.41. The highest BCUT2D eigenvalue weighted by Crippen LogP contribution is 2.35. The predicted octanol–water partition coefficient (Wildman–Crippen LogP) is 2.75. The monoisotopic (exact) mass is 524 g/mol. The zero-order valence-electron chi connectivity index (χ0n) is 19.7. The average Bonchev–Trinajstić information content (AvgIpc) is 2.79. The molecule has 2 heterocycles. The number of halogens is 3. The number of benzene rings is 1. The van der Waals surface area contributed by atoms with Crippen LogP contribution < -0.4 is 20.7 Å². The Balaban J connectivity index is 1.95. The Morgan fingerprint density at radius 2 is 1.78 bits per heavy atom. The highest BCUT2D eigenvalue weighted by Gasteiger charge is 2.35. The Hall–Kier alpha value is -4.01. The second kappa shape index (κ2) is 9.93. The number of amides is 1. The minimum absolute atomic E-state index is 0.0471. The zero-order chi connectivity index (χ0) is 26.8. The highest BCUT2D eigenvalue weighted by molar-refractivity contribution is 7.92.